The first kappa shape index (κ1) is 20.9. The highest BCUT2D eigenvalue weighted by molar-refractivity contribution is 7.80. The van der Waals surface area contributed by atoms with E-state index in [2.05, 4.69) is 4.90 Å². The van der Waals surface area contributed by atoms with Crippen LogP contribution in [0.2, 0.25) is 0 Å². The van der Waals surface area contributed by atoms with E-state index in [-0.39, 0.29) is 0 Å². The molecule has 29 heavy (non-hydrogen) atoms. The molecule has 1 aliphatic rings. The average molecular weight is 416 g/mol. The molecule has 6 nitrogen and oxygen atoms in total. The Morgan fingerprint density at radius 1 is 0.897 bits per heavy atom. The zero-order valence-electron chi connectivity index (χ0n) is 16.9. The predicted octanol–water partition coefficient (Wildman–Crippen LogP) is 4.09. The number of carbonyl (C=O) groups is 1. The summed E-state index contributed by atoms with van der Waals surface area (Å²) in [7, 11) is 4.50. The van der Waals surface area contributed by atoms with Gasteiger partial charge in [-0.2, -0.15) is 0 Å². The van der Waals surface area contributed by atoms with Gasteiger partial charge in [0.1, 0.15) is 10.7 Å². The number of hydrogen-bond acceptors (Lipinski definition) is 6. The van der Waals surface area contributed by atoms with Gasteiger partial charge < -0.3 is 23.8 Å². The highest BCUT2D eigenvalue weighted by Crippen LogP contribution is 2.38. The summed E-state index contributed by atoms with van der Waals surface area (Å²) in [5.41, 5.74) is 1.17. The van der Waals surface area contributed by atoms with Gasteiger partial charge in [-0.05, 0) is 43.5 Å². The van der Waals surface area contributed by atoms with Crippen molar-refractivity contribution in [2.24, 2.45) is 0 Å². The van der Waals surface area contributed by atoms with Gasteiger partial charge in [-0.25, -0.2) is 4.79 Å². The van der Waals surface area contributed by atoms with Crippen molar-refractivity contribution < 1.29 is 23.7 Å². The summed E-state index contributed by atoms with van der Waals surface area (Å²) in [5, 5.41) is 0. The lowest BCUT2D eigenvalue weighted by Gasteiger charge is -2.29. The Kier molecular flexibility index (Phi) is 6.93. The molecule has 154 valence electrons. The lowest BCUT2D eigenvalue weighted by Crippen LogP contribution is -2.34. The van der Waals surface area contributed by atoms with E-state index in [1.54, 1.807) is 24.3 Å². The number of likely N-dealkylation sites (tertiary alicyclic amines) is 1. The number of carbonyl (C=O) groups excluding carboxylic acids is 1. The molecule has 2 aromatic rings. The van der Waals surface area contributed by atoms with E-state index in [9.17, 15) is 4.79 Å². The fourth-order valence-corrected chi connectivity index (χ4v) is 3.65. The zero-order chi connectivity index (χ0) is 20.8. The van der Waals surface area contributed by atoms with Crippen molar-refractivity contribution in [3.05, 3.63) is 47.5 Å². The normalized spacial score (nSPS) is 13.6. The van der Waals surface area contributed by atoms with E-state index in [1.165, 1.54) is 27.8 Å². The summed E-state index contributed by atoms with van der Waals surface area (Å²) in [6.07, 6.45) is 3.54. The third-order valence-corrected chi connectivity index (χ3v) is 5.33. The number of thiocarbonyl (C=S) groups is 1. The molecule has 0 atom stereocenters. The number of ether oxygens (including phenoxy) is 4. The van der Waals surface area contributed by atoms with Crippen LogP contribution >= 0.6 is 12.2 Å². The molecule has 0 aromatic heterocycles. The van der Waals surface area contributed by atoms with E-state index in [0.29, 0.717) is 28.6 Å². The van der Waals surface area contributed by atoms with Crippen LogP contribution in [0.4, 0.5) is 0 Å². The first-order valence-corrected chi connectivity index (χ1v) is 9.89. The molecule has 7 heteroatoms. The molecule has 0 spiro atoms. The Morgan fingerprint density at radius 2 is 1.55 bits per heavy atom. The monoisotopic (exact) mass is 415 g/mol. The highest BCUT2D eigenvalue weighted by Gasteiger charge is 2.19. The van der Waals surface area contributed by atoms with Crippen molar-refractivity contribution in [1.82, 2.24) is 4.90 Å². The molecule has 0 unspecified atom stereocenters. The van der Waals surface area contributed by atoms with Crippen LogP contribution in [-0.2, 0) is 0 Å². The molecule has 3 rings (SSSR count). The molecule has 0 radical (unpaired) electrons. The molecule has 0 saturated carbocycles. The molecule has 0 bridgehead atoms. The summed E-state index contributed by atoms with van der Waals surface area (Å²) >= 11 is 5.64. The van der Waals surface area contributed by atoms with E-state index >= 15 is 0 Å². The minimum absolute atomic E-state index is 0.295. The number of esters is 1. The summed E-state index contributed by atoms with van der Waals surface area (Å²) in [4.78, 5) is 15.7. The van der Waals surface area contributed by atoms with E-state index in [4.69, 9.17) is 31.2 Å². The van der Waals surface area contributed by atoms with E-state index < -0.39 is 5.97 Å². The Bertz CT molecular complexity index is 868. The molecule has 1 aliphatic heterocycles. The molecule has 1 heterocycles. The van der Waals surface area contributed by atoms with Crippen LogP contribution in [0.1, 0.15) is 35.2 Å². The third kappa shape index (κ3) is 4.79. The third-order valence-electron chi connectivity index (χ3n) is 4.84. The van der Waals surface area contributed by atoms with Gasteiger partial charge in [-0.15, -0.1) is 0 Å². The number of nitrogens with zero attached hydrogens (tertiary/aromatic N) is 1. The van der Waals surface area contributed by atoms with Crippen molar-refractivity contribution in [1.29, 1.82) is 0 Å². The maximum atomic E-state index is 12.7. The number of hydrogen-bond donors (Lipinski definition) is 0. The summed E-state index contributed by atoms with van der Waals surface area (Å²) < 4.78 is 21.5. The van der Waals surface area contributed by atoms with Crippen molar-refractivity contribution in [3.63, 3.8) is 0 Å². The molecular weight excluding hydrogens is 390 g/mol. The van der Waals surface area contributed by atoms with Crippen LogP contribution in [0.25, 0.3) is 0 Å². The maximum absolute atomic E-state index is 12.7. The van der Waals surface area contributed by atoms with E-state index in [0.717, 1.165) is 36.5 Å². The second-order valence-corrected chi connectivity index (χ2v) is 7.07. The fourth-order valence-electron chi connectivity index (χ4n) is 3.34. The molecule has 2 aromatic carbocycles. The van der Waals surface area contributed by atoms with Gasteiger partial charge in [-0.1, -0.05) is 24.4 Å². The molecular formula is C22H25NO5S. The fraction of sp³-hybridized carbons (Fsp3) is 0.364. The average Bonchev–Trinajstić information content (AvgIpc) is 2.78. The molecule has 1 saturated heterocycles. The quantitative estimate of drug-likeness (QED) is 0.400. The first-order chi connectivity index (χ1) is 14.1. The van der Waals surface area contributed by atoms with Gasteiger partial charge in [0.25, 0.3) is 0 Å². The number of piperidine rings is 1. The largest absolute Gasteiger partial charge is 0.493 e. The number of benzene rings is 2. The van der Waals surface area contributed by atoms with Gasteiger partial charge in [0.05, 0.1) is 26.9 Å². The van der Waals surface area contributed by atoms with Gasteiger partial charge in [0.15, 0.2) is 11.5 Å². The zero-order valence-corrected chi connectivity index (χ0v) is 17.7. The summed E-state index contributed by atoms with van der Waals surface area (Å²) in [5.74, 6) is 1.10. The second-order valence-electron chi connectivity index (χ2n) is 6.68. The van der Waals surface area contributed by atoms with Crippen LogP contribution < -0.4 is 18.9 Å². The Labute approximate surface area is 176 Å². The summed E-state index contributed by atoms with van der Waals surface area (Å²) in [6.45, 7) is 1.93. The number of rotatable bonds is 6. The lowest BCUT2D eigenvalue weighted by atomic mass is 10.1. The van der Waals surface area contributed by atoms with Gasteiger partial charge >= 0.3 is 5.97 Å². The summed E-state index contributed by atoms with van der Waals surface area (Å²) in [6, 6.07) is 10.4. The maximum Gasteiger partial charge on any atom is 0.343 e. The van der Waals surface area contributed by atoms with Crippen LogP contribution in [0.5, 0.6) is 23.0 Å². The first-order valence-electron chi connectivity index (χ1n) is 9.49. The van der Waals surface area contributed by atoms with Gasteiger partial charge in [-0.3, -0.25) is 0 Å². The van der Waals surface area contributed by atoms with Crippen molar-refractivity contribution >= 4 is 23.2 Å². The Morgan fingerprint density at radius 3 is 2.14 bits per heavy atom. The van der Waals surface area contributed by atoms with Crippen molar-refractivity contribution in [3.8, 4) is 23.0 Å². The molecule has 0 N–H and O–H groups in total. The van der Waals surface area contributed by atoms with Crippen LogP contribution in [0.3, 0.4) is 0 Å². The SMILES string of the molecule is COc1cc(C(=O)Oc2cccc(C(=S)N3CCCCC3)c2)cc(OC)c1OC. The Hall–Kier alpha value is -2.80. The highest BCUT2D eigenvalue weighted by atomic mass is 32.1. The standard InChI is InChI=1S/C22H25NO5S/c1-25-18-13-16(14-19(26-2)20(18)27-3)22(24)28-17-9-7-8-15(12-17)21(29)23-10-5-4-6-11-23/h7-9,12-14H,4-6,10-11H2,1-3H3. The van der Waals surface area contributed by atoms with Crippen LogP contribution in [-0.4, -0.2) is 50.3 Å². The van der Waals surface area contributed by atoms with Gasteiger partial charge in [0, 0.05) is 18.7 Å². The Balaban J connectivity index is 1.80. The van der Waals surface area contributed by atoms with Crippen molar-refractivity contribution in [2.75, 3.05) is 34.4 Å². The van der Waals surface area contributed by atoms with Crippen LogP contribution in [0.15, 0.2) is 36.4 Å². The van der Waals surface area contributed by atoms with E-state index in [1.807, 2.05) is 12.1 Å². The molecule has 0 aliphatic carbocycles. The molecule has 1 fully saturated rings. The lowest BCUT2D eigenvalue weighted by molar-refractivity contribution is 0.0734. The van der Waals surface area contributed by atoms with Gasteiger partial charge in [0.2, 0.25) is 5.75 Å². The predicted molar refractivity (Wildman–Crippen MR) is 115 cm³/mol. The smallest absolute Gasteiger partial charge is 0.343 e. The van der Waals surface area contributed by atoms with Crippen LogP contribution in [0, 0.1) is 0 Å². The topological polar surface area (TPSA) is 57.2 Å². The number of methoxy groups -OCH3 is 3. The minimum Gasteiger partial charge on any atom is -0.493 e. The second kappa shape index (κ2) is 9.60. The van der Waals surface area contributed by atoms with Crippen molar-refractivity contribution in [2.45, 2.75) is 19.3 Å². The minimum atomic E-state index is -0.523. The molecule has 0 amide bonds.